The predicted octanol–water partition coefficient (Wildman–Crippen LogP) is 1.79. The highest BCUT2D eigenvalue weighted by Crippen LogP contribution is 2.34. The van der Waals surface area contributed by atoms with Crippen molar-refractivity contribution in [3.63, 3.8) is 0 Å². The van der Waals surface area contributed by atoms with E-state index < -0.39 is 11.2 Å². The normalized spacial score (nSPS) is 14.9. The molecular weight excluding hydrogens is 372 g/mol. The van der Waals surface area contributed by atoms with Gasteiger partial charge >= 0.3 is 5.69 Å². The molecule has 5 rings (SSSR count). The SMILES string of the molecule is CC(NC(=O)c1cnc2c(c1)c(=O)[nH]c(=O)n2C1CC1)c1nc2ccccc2[nH]1. The van der Waals surface area contributed by atoms with E-state index in [4.69, 9.17) is 0 Å². The second kappa shape index (κ2) is 6.40. The van der Waals surface area contributed by atoms with Gasteiger partial charge < -0.3 is 10.3 Å². The number of carbonyl (C=O) groups excluding carboxylic acids is 1. The summed E-state index contributed by atoms with van der Waals surface area (Å²) in [4.78, 5) is 51.3. The van der Waals surface area contributed by atoms with E-state index >= 15 is 0 Å². The molecule has 3 aromatic heterocycles. The van der Waals surface area contributed by atoms with E-state index in [1.807, 2.05) is 31.2 Å². The molecule has 3 heterocycles. The zero-order valence-corrected chi connectivity index (χ0v) is 15.6. The summed E-state index contributed by atoms with van der Waals surface area (Å²) in [5.41, 5.74) is 1.25. The fraction of sp³-hybridized carbons (Fsp3) is 0.250. The van der Waals surface area contributed by atoms with Crippen LogP contribution < -0.4 is 16.6 Å². The topological polar surface area (TPSA) is 126 Å². The first-order valence-corrected chi connectivity index (χ1v) is 9.41. The van der Waals surface area contributed by atoms with Crippen molar-refractivity contribution in [2.75, 3.05) is 0 Å². The van der Waals surface area contributed by atoms with Crippen LogP contribution in [0.4, 0.5) is 0 Å². The Morgan fingerprint density at radius 3 is 2.79 bits per heavy atom. The van der Waals surface area contributed by atoms with Gasteiger partial charge in [-0.3, -0.25) is 19.1 Å². The van der Waals surface area contributed by atoms with Crippen LogP contribution in [-0.4, -0.2) is 30.4 Å². The molecule has 9 nitrogen and oxygen atoms in total. The Morgan fingerprint density at radius 1 is 1.24 bits per heavy atom. The van der Waals surface area contributed by atoms with Crippen LogP contribution in [0.5, 0.6) is 0 Å². The maximum Gasteiger partial charge on any atom is 0.330 e. The summed E-state index contributed by atoms with van der Waals surface area (Å²) < 4.78 is 1.50. The lowest BCUT2D eigenvalue weighted by Crippen LogP contribution is -2.31. The van der Waals surface area contributed by atoms with E-state index in [0.29, 0.717) is 11.5 Å². The summed E-state index contributed by atoms with van der Waals surface area (Å²) in [6.07, 6.45) is 3.14. The molecule has 146 valence electrons. The van der Waals surface area contributed by atoms with Crippen LogP contribution >= 0.6 is 0 Å². The third-order valence-corrected chi connectivity index (χ3v) is 5.12. The average molecular weight is 390 g/mol. The highest BCUT2D eigenvalue weighted by molar-refractivity contribution is 5.97. The van der Waals surface area contributed by atoms with Crippen molar-refractivity contribution < 1.29 is 4.79 Å². The van der Waals surface area contributed by atoms with Gasteiger partial charge in [0.25, 0.3) is 11.5 Å². The molecule has 0 bridgehead atoms. The zero-order valence-electron chi connectivity index (χ0n) is 15.6. The van der Waals surface area contributed by atoms with Crippen molar-refractivity contribution in [1.29, 1.82) is 0 Å². The highest BCUT2D eigenvalue weighted by atomic mass is 16.2. The van der Waals surface area contributed by atoms with E-state index in [1.54, 1.807) is 0 Å². The van der Waals surface area contributed by atoms with Gasteiger partial charge in [-0.05, 0) is 38.0 Å². The van der Waals surface area contributed by atoms with Gasteiger partial charge in [-0.1, -0.05) is 12.1 Å². The molecule has 0 aliphatic heterocycles. The van der Waals surface area contributed by atoms with Gasteiger partial charge in [0.1, 0.15) is 11.5 Å². The summed E-state index contributed by atoms with van der Waals surface area (Å²) >= 11 is 0. The molecular formula is C20H18N6O3. The van der Waals surface area contributed by atoms with Gasteiger partial charge in [0.2, 0.25) is 0 Å². The van der Waals surface area contributed by atoms with Gasteiger partial charge in [-0.2, -0.15) is 0 Å². The first-order valence-electron chi connectivity index (χ1n) is 9.41. The number of amides is 1. The number of nitrogens with one attached hydrogen (secondary N) is 3. The summed E-state index contributed by atoms with van der Waals surface area (Å²) in [7, 11) is 0. The molecule has 1 unspecified atom stereocenters. The van der Waals surface area contributed by atoms with E-state index in [2.05, 4.69) is 25.3 Å². The number of fused-ring (bicyclic) bond motifs is 2. The van der Waals surface area contributed by atoms with Crippen molar-refractivity contribution in [3.8, 4) is 0 Å². The third-order valence-electron chi connectivity index (χ3n) is 5.12. The molecule has 0 saturated heterocycles. The molecule has 1 aliphatic carbocycles. The van der Waals surface area contributed by atoms with Crippen LogP contribution in [0.25, 0.3) is 22.1 Å². The number of hydrogen-bond acceptors (Lipinski definition) is 5. The molecule has 1 fully saturated rings. The maximum atomic E-state index is 12.7. The van der Waals surface area contributed by atoms with Crippen molar-refractivity contribution in [2.45, 2.75) is 31.8 Å². The Labute approximate surface area is 163 Å². The number of imidazole rings is 1. The van der Waals surface area contributed by atoms with E-state index in [-0.39, 0.29) is 28.9 Å². The number of H-pyrrole nitrogens is 2. The van der Waals surface area contributed by atoms with Crippen LogP contribution in [0.15, 0.2) is 46.1 Å². The smallest absolute Gasteiger partial charge is 0.330 e. The summed E-state index contributed by atoms with van der Waals surface area (Å²) in [6, 6.07) is 8.77. The average Bonchev–Trinajstić information content (AvgIpc) is 3.44. The van der Waals surface area contributed by atoms with Crippen LogP contribution in [0.1, 0.15) is 48.0 Å². The largest absolute Gasteiger partial charge is 0.342 e. The number of benzene rings is 1. The molecule has 1 saturated carbocycles. The fourth-order valence-electron chi connectivity index (χ4n) is 3.46. The Balaban J connectivity index is 1.46. The van der Waals surface area contributed by atoms with Gasteiger partial charge in [-0.25, -0.2) is 14.8 Å². The molecule has 1 aliphatic rings. The molecule has 0 radical (unpaired) electrons. The standard InChI is InChI=1S/C20H18N6O3/c1-10(16-23-14-4-2-3-5-15(14)24-16)22-18(27)11-8-13-17(21-9-11)26(12-6-7-12)20(29)25-19(13)28/h2-5,8-10,12H,6-7H2,1H3,(H,22,27)(H,23,24)(H,25,28,29). The Bertz CT molecular complexity index is 1350. The van der Waals surface area contributed by atoms with Gasteiger partial charge in [0, 0.05) is 12.2 Å². The number of para-hydroxylation sites is 2. The molecule has 0 spiro atoms. The van der Waals surface area contributed by atoms with E-state index in [1.165, 1.54) is 16.8 Å². The number of hydrogen-bond donors (Lipinski definition) is 3. The number of rotatable bonds is 4. The number of carbonyl (C=O) groups is 1. The second-order valence-corrected chi connectivity index (χ2v) is 7.29. The van der Waals surface area contributed by atoms with Crippen LogP contribution in [0.2, 0.25) is 0 Å². The van der Waals surface area contributed by atoms with Crippen LogP contribution in [-0.2, 0) is 0 Å². The Morgan fingerprint density at radius 2 is 2.03 bits per heavy atom. The van der Waals surface area contributed by atoms with E-state index in [9.17, 15) is 14.4 Å². The van der Waals surface area contributed by atoms with Crippen molar-refractivity contribution in [1.82, 2.24) is 29.8 Å². The van der Waals surface area contributed by atoms with Gasteiger partial charge in [0.15, 0.2) is 0 Å². The summed E-state index contributed by atoms with van der Waals surface area (Å²) in [5, 5.41) is 3.09. The van der Waals surface area contributed by atoms with Gasteiger partial charge in [-0.15, -0.1) is 0 Å². The molecule has 1 amide bonds. The number of nitrogens with zero attached hydrogens (tertiary/aromatic N) is 3. The molecule has 9 heteroatoms. The molecule has 29 heavy (non-hydrogen) atoms. The first-order chi connectivity index (χ1) is 14.0. The minimum absolute atomic E-state index is 0.0575. The molecule has 4 aromatic rings. The number of aromatic amines is 2. The lowest BCUT2D eigenvalue weighted by Gasteiger charge is -2.12. The quantitative estimate of drug-likeness (QED) is 0.490. The maximum absolute atomic E-state index is 12.7. The van der Waals surface area contributed by atoms with Crippen LogP contribution in [0.3, 0.4) is 0 Å². The highest BCUT2D eigenvalue weighted by Gasteiger charge is 2.28. The molecule has 3 N–H and O–H groups in total. The lowest BCUT2D eigenvalue weighted by atomic mass is 10.2. The molecule has 1 atom stereocenters. The van der Waals surface area contributed by atoms with Crippen molar-refractivity contribution >= 4 is 28.0 Å². The van der Waals surface area contributed by atoms with E-state index in [0.717, 1.165) is 23.9 Å². The predicted molar refractivity (Wildman–Crippen MR) is 107 cm³/mol. The summed E-state index contributed by atoms with van der Waals surface area (Å²) in [6.45, 7) is 1.82. The van der Waals surface area contributed by atoms with Crippen LogP contribution in [0, 0.1) is 0 Å². The monoisotopic (exact) mass is 390 g/mol. The fourth-order valence-corrected chi connectivity index (χ4v) is 3.46. The minimum Gasteiger partial charge on any atom is -0.342 e. The van der Waals surface area contributed by atoms with Crippen molar-refractivity contribution in [2.24, 2.45) is 0 Å². The Kier molecular flexibility index (Phi) is 3.83. The number of pyridine rings is 1. The summed E-state index contributed by atoms with van der Waals surface area (Å²) in [5.74, 6) is 0.254. The lowest BCUT2D eigenvalue weighted by molar-refractivity contribution is 0.0938. The molecule has 1 aromatic carbocycles. The zero-order chi connectivity index (χ0) is 20.1. The third kappa shape index (κ3) is 3.00. The first kappa shape index (κ1) is 17.4. The number of aromatic nitrogens is 5. The van der Waals surface area contributed by atoms with Crippen molar-refractivity contribution in [3.05, 3.63) is 68.8 Å². The second-order valence-electron chi connectivity index (χ2n) is 7.29. The minimum atomic E-state index is -0.547. The van der Waals surface area contributed by atoms with Gasteiger partial charge in [0.05, 0.1) is 28.0 Å². The Hall–Kier alpha value is -3.75.